The number of hydrogen-bond acceptors (Lipinski definition) is 6. The van der Waals surface area contributed by atoms with Crippen LogP contribution in [0.15, 0.2) is 58.6 Å². The van der Waals surface area contributed by atoms with E-state index >= 15 is 0 Å². The number of anilines is 1. The minimum atomic E-state index is -3.77. The van der Waals surface area contributed by atoms with E-state index in [0.717, 1.165) is 11.0 Å². The molecule has 3 rings (SSSR count). The number of nitrogens with two attached hydrogens (primary N) is 1. The van der Waals surface area contributed by atoms with Gasteiger partial charge in [0.2, 0.25) is 15.9 Å². The first kappa shape index (κ1) is 19.9. The van der Waals surface area contributed by atoms with Crippen LogP contribution < -0.4 is 10.5 Å². The second kappa shape index (κ2) is 8.43. The van der Waals surface area contributed by atoms with Crippen LogP contribution in [0.4, 0.5) is 5.69 Å². The first-order valence-electron chi connectivity index (χ1n) is 8.26. The number of hydrogen-bond donors (Lipinski definition) is 2. The number of thioether (sulfide) groups is 1. The number of sulfonamides is 1. The van der Waals surface area contributed by atoms with E-state index in [-0.39, 0.29) is 16.6 Å². The fourth-order valence-electron chi connectivity index (χ4n) is 2.60. The molecule has 0 aliphatic carbocycles. The van der Waals surface area contributed by atoms with E-state index < -0.39 is 10.0 Å². The number of carbonyl (C=O) groups excluding carboxylic acids is 1. The van der Waals surface area contributed by atoms with Crippen LogP contribution in [-0.2, 0) is 21.4 Å². The highest BCUT2D eigenvalue weighted by molar-refractivity contribution is 7.99. The summed E-state index contributed by atoms with van der Waals surface area (Å²) in [6, 6.07) is 15.3. The van der Waals surface area contributed by atoms with Crippen LogP contribution in [0.5, 0.6) is 0 Å². The summed E-state index contributed by atoms with van der Waals surface area (Å²) >= 11 is 1.27. The number of para-hydroxylation sites is 2. The molecule has 10 heteroatoms. The number of nitrogens with zero attached hydrogens (tertiary/aromatic N) is 3. The van der Waals surface area contributed by atoms with Crippen molar-refractivity contribution in [3.63, 3.8) is 0 Å². The topological polar surface area (TPSA) is 131 Å². The van der Waals surface area contributed by atoms with Gasteiger partial charge in [-0.05, 0) is 36.4 Å². The second-order valence-corrected chi connectivity index (χ2v) is 8.35. The van der Waals surface area contributed by atoms with Gasteiger partial charge in [0.25, 0.3) is 0 Å². The van der Waals surface area contributed by atoms with Crippen molar-refractivity contribution in [3.05, 3.63) is 48.5 Å². The van der Waals surface area contributed by atoms with Gasteiger partial charge in [-0.25, -0.2) is 18.5 Å². The van der Waals surface area contributed by atoms with E-state index in [0.29, 0.717) is 23.8 Å². The third kappa shape index (κ3) is 4.69. The van der Waals surface area contributed by atoms with Gasteiger partial charge in [0.05, 0.1) is 34.2 Å². The normalized spacial score (nSPS) is 11.3. The van der Waals surface area contributed by atoms with Crippen LogP contribution >= 0.6 is 11.8 Å². The van der Waals surface area contributed by atoms with Crippen molar-refractivity contribution >= 4 is 44.4 Å². The minimum absolute atomic E-state index is 0.0221. The average Bonchev–Trinajstić information content (AvgIpc) is 3.02. The molecule has 0 aliphatic heterocycles. The Bertz CT molecular complexity index is 1150. The lowest BCUT2D eigenvalue weighted by Crippen LogP contribution is -2.15. The summed E-state index contributed by atoms with van der Waals surface area (Å²) in [5.41, 5.74) is 2.19. The lowest BCUT2D eigenvalue weighted by molar-refractivity contribution is -0.113. The van der Waals surface area contributed by atoms with Gasteiger partial charge in [0.15, 0.2) is 5.16 Å². The zero-order chi connectivity index (χ0) is 20.1. The molecule has 1 aromatic heterocycles. The number of benzene rings is 2. The molecule has 2 aromatic carbocycles. The molecule has 144 valence electrons. The van der Waals surface area contributed by atoms with Crippen LogP contribution in [0.25, 0.3) is 11.0 Å². The molecular formula is C18H17N5O3S2. The maximum Gasteiger partial charge on any atom is 0.238 e. The van der Waals surface area contributed by atoms with E-state index in [4.69, 9.17) is 10.4 Å². The Balaban J connectivity index is 1.68. The average molecular weight is 416 g/mol. The molecule has 1 heterocycles. The van der Waals surface area contributed by atoms with Gasteiger partial charge < -0.3 is 9.88 Å². The van der Waals surface area contributed by atoms with Crippen LogP contribution in [0.2, 0.25) is 0 Å². The van der Waals surface area contributed by atoms with Crippen molar-refractivity contribution in [1.82, 2.24) is 9.55 Å². The molecule has 3 aromatic rings. The highest BCUT2D eigenvalue weighted by atomic mass is 32.2. The number of carbonyl (C=O) groups is 1. The maximum atomic E-state index is 12.2. The van der Waals surface area contributed by atoms with Gasteiger partial charge in [0, 0.05) is 12.2 Å². The second-order valence-electron chi connectivity index (χ2n) is 5.85. The van der Waals surface area contributed by atoms with Gasteiger partial charge in [-0.15, -0.1) is 0 Å². The quantitative estimate of drug-likeness (QED) is 0.569. The van der Waals surface area contributed by atoms with Crippen LogP contribution in [0.1, 0.15) is 6.42 Å². The Morgan fingerprint density at radius 2 is 1.93 bits per heavy atom. The molecule has 0 saturated carbocycles. The predicted molar refractivity (Wildman–Crippen MR) is 107 cm³/mol. The third-order valence-corrected chi connectivity index (χ3v) is 5.77. The molecule has 1 amide bonds. The number of aryl methyl sites for hydroxylation is 1. The fraction of sp³-hybridized carbons (Fsp3) is 0.167. The number of nitriles is 1. The Morgan fingerprint density at radius 1 is 1.21 bits per heavy atom. The summed E-state index contributed by atoms with van der Waals surface area (Å²) < 4.78 is 24.5. The lowest BCUT2D eigenvalue weighted by atomic mass is 10.3. The number of nitrogens with one attached hydrogen (secondary N) is 1. The molecule has 0 bridgehead atoms. The zero-order valence-corrected chi connectivity index (χ0v) is 16.3. The zero-order valence-electron chi connectivity index (χ0n) is 14.7. The largest absolute Gasteiger partial charge is 0.325 e. The standard InChI is InChI=1S/C18H17N5O3S2/c19-10-3-11-23-16-5-2-1-4-15(16)22-18(23)27-12-17(24)21-13-6-8-14(9-7-13)28(20,25)26/h1-2,4-9H,3,11-12H2,(H,21,24)(H2,20,25,26). The molecular weight excluding hydrogens is 398 g/mol. The van der Waals surface area contributed by atoms with Gasteiger partial charge in [-0.2, -0.15) is 5.26 Å². The van der Waals surface area contributed by atoms with Crippen molar-refractivity contribution in [2.75, 3.05) is 11.1 Å². The van der Waals surface area contributed by atoms with Gasteiger partial charge >= 0.3 is 0 Å². The Morgan fingerprint density at radius 3 is 2.61 bits per heavy atom. The molecule has 0 spiro atoms. The molecule has 8 nitrogen and oxygen atoms in total. The molecule has 28 heavy (non-hydrogen) atoms. The summed E-state index contributed by atoms with van der Waals surface area (Å²) in [4.78, 5) is 16.8. The van der Waals surface area contributed by atoms with Crippen molar-refractivity contribution < 1.29 is 13.2 Å². The predicted octanol–water partition coefficient (Wildman–Crippen LogP) is 2.33. The number of aromatic nitrogens is 2. The van der Waals surface area contributed by atoms with E-state index in [1.165, 1.54) is 36.0 Å². The molecule has 0 aliphatic rings. The highest BCUT2D eigenvalue weighted by Crippen LogP contribution is 2.24. The smallest absolute Gasteiger partial charge is 0.238 e. The van der Waals surface area contributed by atoms with Crippen LogP contribution in [-0.4, -0.2) is 29.6 Å². The number of fused-ring (bicyclic) bond motifs is 1. The van der Waals surface area contributed by atoms with Crippen molar-refractivity contribution in [1.29, 1.82) is 5.26 Å². The van der Waals surface area contributed by atoms with Gasteiger partial charge in [-0.1, -0.05) is 23.9 Å². The summed E-state index contributed by atoms with van der Waals surface area (Å²) in [5.74, 6) is -0.139. The Labute approximate surface area is 166 Å². The molecule has 0 radical (unpaired) electrons. The lowest BCUT2D eigenvalue weighted by Gasteiger charge is -2.08. The number of amides is 1. The maximum absolute atomic E-state index is 12.2. The monoisotopic (exact) mass is 415 g/mol. The van der Waals surface area contributed by atoms with Gasteiger partial charge in [-0.3, -0.25) is 4.79 Å². The first-order chi connectivity index (χ1) is 13.4. The summed E-state index contributed by atoms with van der Waals surface area (Å²) in [7, 11) is -3.77. The van der Waals surface area contributed by atoms with E-state index in [1.807, 2.05) is 28.8 Å². The number of primary sulfonamides is 1. The van der Waals surface area contributed by atoms with Crippen LogP contribution in [0.3, 0.4) is 0 Å². The number of rotatable bonds is 7. The fourth-order valence-corrected chi connectivity index (χ4v) is 3.95. The molecule has 0 saturated heterocycles. The number of imidazole rings is 1. The molecule has 3 N–H and O–H groups in total. The highest BCUT2D eigenvalue weighted by Gasteiger charge is 2.13. The Kier molecular flexibility index (Phi) is 5.99. The Hall–Kier alpha value is -2.87. The first-order valence-corrected chi connectivity index (χ1v) is 10.8. The minimum Gasteiger partial charge on any atom is -0.325 e. The molecule has 0 unspecified atom stereocenters. The van der Waals surface area contributed by atoms with E-state index in [9.17, 15) is 13.2 Å². The summed E-state index contributed by atoms with van der Waals surface area (Å²) in [6.07, 6.45) is 0.344. The summed E-state index contributed by atoms with van der Waals surface area (Å²) in [6.45, 7) is 0.496. The van der Waals surface area contributed by atoms with E-state index in [2.05, 4.69) is 16.4 Å². The third-order valence-electron chi connectivity index (χ3n) is 3.87. The summed E-state index contributed by atoms with van der Waals surface area (Å²) in [5, 5.41) is 17.3. The van der Waals surface area contributed by atoms with Gasteiger partial charge in [0.1, 0.15) is 0 Å². The SMILES string of the molecule is N#CCCn1c(SCC(=O)Nc2ccc(S(N)(=O)=O)cc2)nc2ccccc21. The molecule has 0 fully saturated rings. The van der Waals surface area contributed by atoms with Crippen molar-refractivity contribution in [3.8, 4) is 6.07 Å². The molecule has 0 atom stereocenters. The van der Waals surface area contributed by atoms with Crippen molar-refractivity contribution in [2.24, 2.45) is 5.14 Å². The van der Waals surface area contributed by atoms with Crippen LogP contribution in [0, 0.1) is 11.3 Å². The van der Waals surface area contributed by atoms with Crippen molar-refractivity contribution in [2.45, 2.75) is 23.0 Å². The van der Waals surface area contributed by atoms with E-state index in [1.54, 1.807) is 0 Å².